The maximum atomic E-state index is 13.1. The maximum absolute atomic E-state index is 13.1. The first kappa shape index (κ1) is 76.9. The van der Waals surface area contributed by atoms with Gasteiger partial charge < -0.3 is 40.3 Å². The Morgan fingerprint density at radius 1 is 0.427 bits per heavy atom. The van der Waals surface area contributed by atoms with Gasteiger partial charge in [-0.25, -0.2) is 0 Å². The van der Waals surface area contributed by atoms with Crippen molar-refractivity contribution in [2.24, 2.45) is 0 Å². The van der Waals surface area contributed by atoms with Crippen molar-refractivity contribution in [1.82, 2.24) is 5.32 Å². The molecule has 0 aromatic rings. The second kappa shape index (κ2) is 61.0. The van der Waals surface area contributed by atoms with E-state index in [-0.39, 0.29) is 12.5 Å². The van der Waals surface area contributed by atoms with E-state index in [0.29, 0.717) is 12.8 Å². The second-order valence-electron chi connectivity index (χ2n) is 23.2. The highest BCUT2D eigenvalue weighted by atomic mass is 16.7. The number of ether oxygens (including phenoxy) is 2. The molecule has 0 radical (unpaired) electrons. The van der Waals surface area contributed by atoms with Crippen molar-refractivity contribution in [2.45, 2.75) is 333 Å². The molecule has 1 saturated heterocycles. The van der Waals surface area contributed by atoms with Crippen LogP contribution >= 0.6 is 0 Å². The molecule has 9 heteroatoms. The number of aliphatic hydroxyl groups excluding tert-OH is 5. The third kappa shape index (κ3) is 49.1. The molecule has 0 aromatic carbocycles. The van der Waals surface area contributed by atoms with Crippen molar-refractivity contribution in [3.05, 3.63) is 109 Å². The molecule has 1 rings (SSSR count). The minimum Gasteiger partial charge on any atom is -0.394 e. The largest absolute Gasteiger partial charge is 0.394 e. The minimum atomic E-state index is -1.56. The number of carbonyl (C=O) groups is 1. The van der Waals surface area contributed by atoms with Gasteiger partial charge in [-0.15, -0.1) is 0 Å². The molecule has 7 unspecified atom stereocenters. The monoisotopic (exact) mass is 1150 g/mol. The van der Waals surface area contributed by atoms with Crippen LogP contribution in [0.25, 0.3) is 0 Å². The quantitative estimate of drug-likeness (QED) is 0.0261. The van der Waals surface area contributed by atoms with E-state index >= 15 is 0 Å². The van der Waals surface area contributed by atoms with Crippen LogP contribution in [-0.4, -0.2) is 87.5 Å². The number of rotatable bonds is 58. The van der Waals surface area contributed by atoms with Crippen molar-refractivity contribution in [3.8, 4) is 0 Å². The summed E-state index contributed by atoms with van der Waals surface area (Å²) in [4.78, 5) is 13.1. The average molecular weight is 1150 g/mol. The summed E-state index contributed by atoms with van der Waals surface area (Å²) in [5.74, 6) is -0.148. The Kier molecular flexibility index (Phi) is 57.1. The molecule has 1 amide bonds. The summed E-state index contributed by atoms with van der Waals surface area (Å²) in [6.07, 6.45) is 82.8. The number of amides is 1. The molecule has 1 heterocycles. The lowest BCUT2D eigenvalue weighted by molar-refractivity contribution is -0.302. The lowest BCUT2D eigenvalue weighted by Crippen LogP contribution is -2.60. The predicted octanol–water partition coefficient (Wildman–Crippen LogP) is 18.5. The number of carbonyl (C=O) groups excluding carboxylic acids is 1. The lowest BCUT2D eigenvalue weighted by Gasteiger charge is -2.40. The normalized spacial score (nSPS) is 19.0. The van der Waals surface area contributed by atoms with Crippen molar-refractivity contribution in [2.75, 3.05) is 13.2 Å². The van der Waals surface area contributed by atoms with Crippen LogP contribution in [0.2, 0.25) is 0 Å². The molecule has 0 saturated carbocycles. The number of unbranched alkanes of at least 4 members (excludes halogenated alkanes) is 30. The fraction of sp³-hybridized carbons (Fsp3) is 0.740. The summed E-state index contributed by atoms with van der Waals surface area (Å²) >= 11 is 0. The zero-order valence-corrected chi connectivity index (χ0v) is 52.7. The fourth-order valence-electron chi connectivity index (χ4n) is 10.3. The van der Waals surface area contributed by atoms with E-state index in [9.17, 15) is 30.3 Å². The lowest BCUT2D eigenvalue weighted by atomic mass is 9.99. The van der Waals surface area contributed by atoms with Crippen molar-refractivity contribution >= 4 is 5.91 Å². The summed E-state index contributed by atoms with van der Waals surface area (Å²) in [7, 11) is 0. The van der Waals surface area contributed by atoms with Gasteiger partial charge in [0.2, 0.25) is 5.91 Å². The average Bonchev–Trinajstić information content (AvgIpc) is 3.52. The van der Waals surface area contributed by atoms with E-state index < -0.39 is 49.5 Å². The molecule has 6 N–H and O–H groups in total. The van der Waals surface area contributed by atoms with E-state index in [2.05, 4.69) is 129 Å². The molecule has 0 spiro atoms. The molecule has 472 valence electrons. The van der Waals surface area contributed by atoms with E-state index in [1.165, 1.54) is 161 Å². The Labute approximate surface area is 504 Å². The summed E-state index contributed by atoms with van der Waals surface area (Å²) in [5, 5.41) is 54.9. The molecule has 7 atom stereocenters. The van der Waals surface area contributed by atoms with Crippen LogP contribution in [0.1, 0.15) is 290 Å². The first-order valence-corrected chi connectivity index (χ1v) is 34.1. The van der Waals surface area contributed by atoms with Gasteiger partial charge in [0.25, 0.3) is 0 Å². The molecule has 0 aromatic heterocycles. The predicted molar refractivity (Wildman–Crippen MR) is 350 cm³/mol. The fourth-order valence-corrected chi connectivity index (χ4v) is 10.3. The number of allylic oxidation sites excluding steroid dienone is 18. The molecule has 0 aliphatic carbocycles. The van der Waals surface area contributed by atoms with Crippen LogP contribution in [-0.2, 0) is 14.3 Å². The van der Waals surface area contributed by atoms with Crippen molar-refractivity contribution in [1.29, 1.82) is 0 Å². The zero-order chi connectivity index (χ0) is 59.3. The molecule has 0 bridgehead atoms. The molecular formula is C73H127NO8. The number of hydrogen-bond donors (Lipinski definition) is 6. The third-order valence-corrected chi connectivity index (χ3v) is 15.6. The van der Waals surface area contributed by atoms with E-state index in [1.807, 2.05) is 0 Å². The van der Waals surface area contributed by atoms with Crippen LogP contribution in [0.4, 0.5) is 0 Å². The number of nitrogens with one attached hydrogen (secondary N) is 1. The Balaban J connectivity index is 2.13. The molecular weight excluding hydrogens is 1020 g/mol. The van der Waals surface area contributed by atoms with Gasteiger partial charge >= 0.3 is 0 Å². The molecule has 9 nitrogen and oxygen atoms in total. The maximum Gasteiger partial charge on any atom is 0.220 e. The number of hydrogen-bond acceptors (Lipinski definition) is 8. The molecule has 1 aliphatic heterocycles. The highest BCUT2D eigenvalue weighted by molar-refractivity contribution is 5.76. The first-order chi connectivity index (χ1) is 40.3. The van der Waals surface area contributed by atoms with Gasteiger partial charge in [0.05, 0.1) is 25.4 Å². The van der Waals surface area contributed by atoms with E-state index in [1.54, 1.807) is 0 Å². The van der Waals surface area contributed by atoms with Gasteiger partial charge in [-0.1, -0.05) is 309 Å². The Hall–Kier alpha value is -3.15. The smallest absolute Gasteiger partial charge is 0.220 e. The standard InChI is InChI=1S/C73H127NO8/c1-3-5-7-9-11-13-15-17-19-21-23-25-26-27-28-29-30-31-32-33-34-35-36-37-38-39-40-41-42-43-45-47-49-51-53-55-57-59-61-63-69(77)74-66(65-81-73-72(80)71(79)70(78)68(64-75)82-73)67(76)62-60-58-56-54-52-50-48-46-44-24-22-20-18-16-14-12-10-8-6-4-2/h5,7,11,13,17,19,23,25,27-28,30-31,33-34,36-37,39-40,66-68,70-73,75-76,78-80H,3-4,6,8-10,12,14-16,18,20-22,24,26,29,32,35,38,41-65H2,1-2H3,(H,74,77)/b7-5-,13-11-,19-17-,25-23-,28-27-,31-30-,34-33-,37-36-,40-39-. The Bertz CT molecular complexity index is 1660. The molecule has 1 aliphatic rings. The van der Waals surface area contributed by atoms with Crippen molar-refractivity contribution in [3.63, 3.8) is 0 Å². The topological polar surface area (TPSA) is 149 Å². The second-order valence-corrected chi connectivity index (χ2v) is 23.2. The van der Waals surface area contributed by atoms with E-state index in [4.69, 9.17) is 9.47 Å². The number of aliphatic hydroxyl groups is 5. The van der Waals surface area contributed by atoms with Gasteiger partial charge in [0.1, 0.15) is 24.4 Å². The Morgan fingerprint density at radius 2 is 0.756 bits per heavy atom. The highest BCUT2D eigenvalue weighted by Crippen LogP contribution is 2.23. The first-order valence-electron chi connectivity index (χ1n) is 34.1. The van der Waals surface area contributed by atoms with Crippen LogP contribution in [0.3, 0.4) is 0 Å². The van der Waals surface area contributed by atoms with Gasteiger partial charge in [-0.05, 0) is 83.5 Å². The summed E-state index contributed by atoms with van der Waals surface area (Å²) in [5.41, 5.74) is 0. The van der Waals surface area contributed by atoms with Gasteiger partial charge in [0, 0.05) is 6.42 Å². The summed E-state index contributed by atoms with van der Waals surface area (Å²) < 4.78 is 11.4. The van der Waals surface area contributed by atoms with Crippen LogP contribution in [0.15, 0.2) is 109 Å². The van der Waals surface area contributed by atoms with Crippen LogP contribution in [0.5, 0.6) is 0 Å². The highest BCUT2D eigenvalue weighted by Gasteiger charge is 2.44. The van der Waals surface area contributed by atoms with E-state index in [0.717, 1.165) is 103 Å². The van der Waals surface area contributed by atoms with Gasteiger partial charge in [-0.2, -0.15) is 0 Å². The molecule has 1 fully saturated rings. The van der Waals surface area contributed by atoms with Crippen LogP contribution in [0, 0.1) is 0 Å². The zero-order valence-electron chi connectivity index (χ0n) is 52.7. The third-order valence-electron chi connectivity index (χ3n) is 15.6. The SMILES string of the molecule is CC/C=C\C/C=C\C/C=C\C/C=C\C/C=C\C/C=C\C/C=C\C/C=C\C/C=C\CCCCCCCCCCCCCC(=O)NC(COC1OC(CO)C(O)C(O)C1O)C(O)CCCCCCCCCCCCCCCCCCCCCC. The van der Waals surface area contributed by atoms with Crippen LogP contribution < -0.4 is 5.32 Å². The van der Waals surface area contributed by atoms with Crippen molar-refractivity contribution < 1.29 is 39.8 Å². The van der Waals surface area contributed by atoms with Gasteiger partial charge in [0.15, 0.2) is 6.29 Å². The summed E-state index contributed by atoms with van der Waals surface area (Å²) in [6, 6.07) is -0.728. The minimum absolute atomic E-state index is 0.142. The summed E-state index contributed by atoms with van der Waals surface area (Å²) in [6.45, 7) is 3.74. The van der Waals surface area contributed by atoms with Gasteiger partial charge in [-0.3, -0.25) is 4.79 Å². The molecule has 82 heavy (non-hydrogen) atoms. The Morgan fingerprint density at radius 3 is 1.12 bits per heavy atom.